The Bertz CT molecular complexity index is 1080. The molecule has 1 heterocycles. The third kappa shape index (κ3) is 3.57. The van der Waals surface area contributed by atoms with Crippen LogP contribution < -0.4 is 5.32 Å². The molecule has 184 valence electrons. The molecular weight excluding hydrogens is 448 g/mol. The first-order chi connectivity index (χ1) is 15.7. The molecule has 1 atom stereocenters. The molecule has 0 saturated heterocycles. The molecule has 0 spiro atoms. The highest BCUT2D eigenvalue weighted by atomic mass is 35.5. The molecular formula is C28H37ClN2O3. The number of hydrogen-bond acceptors (Lipinski definition) is 2. The van der Waals surface area contributed by atoms with Crippen molar-refractivity contribution in [3.8, 4) is 0 Å². The van der Waals surface area contributed by atoms with Gasteiger partial charge in [-0.2, -0.15) is 0 Å². The van der Waals surface area contributed by atoms with Crippen molar-refractivity contribution in [3.63, 3.8) is 0 Å². The van der Waals surface area contributed by atoms with Gasteiger partial charge in [0.2, 0.25) is 0 Å². The molecule has 0 radical (unpaired) electrons. The fourth-order valence-corrected chi connectivity index (χ4v) is 6.97. The van der Waals surface area contributed by atoms with Gasteiger partial charge in [-0.1, -0.05) is 58.4 Å². The van der Waals surface area contributed by atoms with Gasteiger partial charge in [0.25, 0.3) is 0 Å². The molecule has 5 aliphatic rings. The van der Waals surface area contributed by atoms with E-state index in [0.717, 1.165) is 48.3 Å². The lowest BCUT2D eigenvalue weighted by atomic mass is 9.38. The number of aryl methyl sites for hydroxylation is 1. The number of hydrogen-bond donors (Lipinski definition) is 2. The molecule has 6 heteroatoms. The van der Waals surface area contributed by atoms with E-state index in [0.29, 0.717) is 19.3 Å². The summed E-state index contributed by atoms with van der Waals surface area (Å²) in [4.78, 5) is 26.9. The van der Waals surface area contributed by atoms with E-state index in [1.807, 2.05) is 4.90 Å². The Balaban J connectivity index is 1.47. The molecule has 0 unspecified atom stereocenters. The number of halogens is 1. The molecule has 1 aromatic rings. The number of fused-ring (bicyclic) bond motifs is 1. The van der Waals surface area contributed by atoms with E-state index in [1.54, 1.807) is 0 Å². The molecule has 4 aliphatic carbocycles. The van der Waals surface area contributed by atoms with E-state index in [1.165, 1.54) is 5.57 Å². The zero-order valence-corrected chi connectivity index (χ0v) is 21.8. The summed E-state index contributed by atoms with van der Waals surface area (Å²) in [6.45, 7) is 11.3. The van der Waals surface area contributed by atoms with Gasteiger partial charge in [-0.3, -0.25) is 9.69 Å². The number of carbonyl (C=O) groups excluding carboxylic acids is 1. The second kappa shape index (κ2) is 7.25. The highest BCUT2D eigenvalue weighted by Crippen LogP contribution is 2.70. The van der Waals surface area contributed by atoms with Crippen LogP contribution in [0, 0.1) is 16.2 Å². The molecule has 2 bridgehead atoms. The minimum Gasteiger partial charge on any atom is -0.481 e. The SMILES string of the molecule is CC(C)(C)CCc1ccc([C@]23CCC(C)(C)CC2=CN(C24CC(C(=O)O)(C2)C4)C(=O)N3)cc1Cl. The molecule has 4 saturated carbocycles. The number of nitrogens with one attached hydrogen (secondary N) is 1. The first-order valence-corrected chi connectivity index (χ1v) is 12.9. The number of carboxylic acid groups (broad SMARTS) is 1. The zero-order chi connectivity index (χ0) is 24.7. The molecule has 0 aromatic heterocycles. The summed E-state index contributed by atoms with van der Waals surface area (Å²) in [7, 11) is 0. The second-order valence-corrected chi connectivity index (χ2v) is 13.8. The molecule has 4 fully saturated rings. The average molecular weight is 485 g/mol. The Kier molecular flexibility index (Phi) is 5.06. The van der Waals surface area contributed by atoms with Crippen LogP contribution in [0.15, 0.2) is 30.0 Å². The topological polar surface area (TPSA) is 69.6 Å². The maximum absolute atomic E-state index is 13.5. The van der Waals surface area contributed by atoms with Crippen LogP contribution in [0.2, 0.25) is 5.02 Å². The number of nitrogens with zero attached hydrogens (tertiary/aromatic N) is 1. The summed E-state index contributed by atoms with van der Waals surface area (Å²) < 4.78 is 0. The van der Waals surface area contributed by atoms with Gasteiger partial charge in [-0.15, -0.1) is 0 Å². The molecule has 1 aromatic carbocycles. The Labute approximate surface area is 207 Å². The summed E-state index contributed by atoms with van der Waals surface area (Å²) >= 11 is 6.78. The van der Waals surface area contributed by atoms with Crippen LogP contribution in [0.5, 0.6) is 0 Å². The minimum atomic E-state index is -0.728. The van der Waals surface area contributed by atoms with Crippen LogP contribution in [0.25, 0.3) is 0 Å². The zero-order valence-electron chi connectivity index (χ0n) is 21.1. The summed E-state index contributed by atoms with van der Waals surface area (Å²) in [6.07, 6.45) is 8.42. The van der Waals surface area contributed by atoms with Gasteiger partial charge in [0.1, 0.15) is 0 Å². The summed E-state index contributed by atoms with van der Waals surface area (Å²) in [6, 6.07) is 6.22. The van der Waals surface area contributed by atoms with Crippen molar-refractivity contribution in [2.75, 3.05) is 0 Å². The number of rotatable bonds is 5. The van der Waals surface area contributed by atoms with E-state index in [9.17, 15) is 14.7 Å². The fourth-order valence-electron chi connectivity index (χ4n) is 6.69. The molecule has 2 N–H and O–H groups in total. The quantitative estimate of drug-likeness (QED) is 0.492. The van der Waals surface area contributed by atoms with Gasteiger partial charge < -0.3 is 10.4 Å². The van der Waals surface area contributed by atoms with E-state index in [-0.39, 0.29) is 22.4 Å². The lowest BCUT2D eigenvalue weighted by Gasteiger charge is -2.71. The standard InChI is InChI=1S/C28H37ClN2O3/c1-24(2,3)9-8-18-6-7-19(12-21(18)29)28-11-10-25(4,5)13-20(28)14-31(23(34)30-28)27-15-26(16-27,17-27)22(32)33/h6-7,12,14H,8-11,13,15-17H2,1-5H3,(H,30,34)(H,32,33)/t26?,27?,28-/m1/s1. The normalized spacial score (nSPS) is 33.8. The van der Waals surface area contributed by atoms with Crippen molar-refractivity contribution in [3.05, 3.63) is 46.1 Å². The lowest BCUT2D eigenvalue weighted by Crippen LogP contribution is -2.78. The first kappa shape index (κ1) is 23.7. The Hall–Kier alpha value is -2.01. The van der Waals surface area contributed by atoms with Crippen molar-refractivity contribution in [2.24, 2.45) is 16.2 Å². The number of urea groups is 1. The van der Waals surface area contributed by atoms with E-state index in [4.69, 9.17) is 11.6 Å². The van der Waals surface area contributed by atoms with E-state index in [2.05, 4.69) is 64.3 Å². The number of carboxylic acids is 1. The number of amides is 2. The first-order valence-electron chi connectivity index (χ1n) is 12.5. The van der Waals surface area contributed by atoms with Crippen molar-refractivity contribution in [1.82, 2.24) is 10.2 Å². The predicted octanol–water partition coefficient (Wildman–Crippen LogP) is 6.64. The van der Waals surface area contributed by atoms with E-state index >= 15 is 0 Å². The lowest BCUT2D eigenvalue weighted by molar-refractivity contribution is -0.215. The second-order valence-electron chi connectivity index (χ2n) is 13.4. The van der Waals surface area contributed by atoms with Crippen LogP contribution in [0.4, 0.5) is 4.79 Å². The summed E-state index contributed by atoms with van der Waals surface area (Å²) in [5.74, 6) is -0.728. The highest BCUT2D eigenvalue weighted by molar-refractivity contribution is 6.31. The van der Waals surface area contributed by atoms with Gasteiger partial charge in [0.05, 0.1) is 16.5 Å². The van der Waals surface area contributed by atoms with Crippen molar-refractivity contribution in [1.29, 1.82) is 0 Å². The minimum absolute atomic E-state index is 0.116. The number of aliphatic carboxylic acids is 1. The molecule has 5 nitrogen and oxygen atoms in total. The van der Waals surface area contributed by atoms with Gasteiger partial charge in [0, 0.05) is 11.2 Å². The van der Waals surface area contributed by atoms with Gasteiger partial charge in [-0.25, -0.2) is 4.79 Å². The summed E-state index contributed by atoms with van der Waals surface area (Å²) in [5, 5.41) is 13.7. The number of benzene rings is 1. The van der Waals surface area contributed by atoms with Gasteiger partial charge >= 0.3 is 12.0 Å². The molecule has 34 heavy (non-hydrogen) atoms. The maximum Gasteiger partial charge on any atom is 0.322 e. The molecule has 6 rings (SSSR count). The Morgan fingerprint density at radius 1 is 1.18 bits per heavy atom. The third-order valence-electron chi connectivity index (χ3n) is 8.88. The molecule has 2 amide bonds. The van der Waals surface area contributed by atoms with Crippen LogP contribution in [-0.4, -0.2) is 27.5 Å². The number of carbonyl (C=O) groups is 2. The fraction of sp³-hybridized carbons (Fsp3) is 0.643. The Morgan fingerprint density at radius 2 is 1.85 bits per heavy atom. The van der Waals surface area contributed by atoms with Crippen LogP contribution >= 0.6 is 11.6 Å². The maximum atomic E-state index is 13.5. The third-order valence-corrected chi connectivity index (χ3v) is 9.23. The highest BCUT2D eigenvalue weighted by Gasteiger charge is 2.75. The predicted molar refractivity (Wildman–Crippen MR) is 134 cm³/mol. The smallest absolute Gasteiger partial charge is 0.322 e. The van der Waals surface area contributed by atoms with Crippen LogP contribution in [0.1, 0.15) is 90.7 Å². The Morgan fingerprint density at radius 3 is 2.44 bits per heavy atom. The van der Waals surface area contributed by atoms with E-state index < -0.39 is 16.9 Å². The van der Waals surface area contributed by atoms with Crippen LogP contribution in [0.3, 0.4) is 0 Å². The van der Waals surface area contributed by atoms with Crippen LogP contribution in [-0.2, 0) is 16.8 Å². The summed E-state index contributed by atoms with van der Waals surface area (Å²) in [5.41, 5.74) is 2.28. The van der Waals surface area contributed by atoms with Crippen molar-refractivity contribution < 1.29 is 14.7 Å². The average Bonchev–Trinajstić information content (AvgIpc) is 2.64. The van der Waals surface area contributed by atoms with Gasteiger partial charge in [0.15, 0.2) is 0 Å². The van der Waals surface area contributed by atoms with Crippen molar-refractivity contribution >= 4 is 23.6 Å². The molecule has 1 aliphatic heterocycles. The van der Waals surface area contributed by atoms with Crippen molar-refractivity contribution in [2.45, 2.75) is 97.1 Å². The van der Waals surface area contributed by atoms with Gasteiger partial charge in [-0.05, 0) is 85.0 Å². The monoisotopic (exact) mass is 484 g/mol. The largest absolute Gasteiger partial charge is 0.481 e.